The molecule has 3 aromatic rings. The molecule has 9 heteroatoms. The summed E-state index contributed by atoms with van der Waals surface area (Å²) < 4.78 is 41.8. The third kappa shape index (κ3) is 6.95. The number of rotatable bonds is 11. The van der Waals surface area contributed by atoms with Gasteiger partial charge in [0.2, 0.25) is 11.8 Å². The molecule has 0 saturated heterocycles. The van der Waals surface area contributed by atoms with Gasteiger partial charge in [-0.1, -0.05) is 55.0 Å². The summed E-state index contributed by atoms with van der Waals surface area (Å²) in [4.78, 5) is 28.0. The Labute approximate surface area is 218 Å². The molecule has 0 aliphatic heterocycles. The molecule has 0 aliphatic rings. The molecule has 37 heavy (non-hydrogen) atoms. The minimum atomic E-state index is -4.22. The number of halogens is 1. The van der Waals surface area contributed by atoms with Crippen molar-refractivity contribution >= 4 is 27.5 Å². The van der Waals surface area contributed by atoms with Crippen LogP contribution in [0.4, 0.5) is 10.1 Å². The van der Waals surface area contributed by atoms with Gasteiger partial charge in [-0.25, -0.2) is 12.8 Å². The molecule has 196 valence electrons. The fourth-order valence-corrected chi connectivity index (χ4v) is 5.49. The van der Waals surface area contributed by atoms with Crippen molar-refractivity contribution in [2.75, 3.05) is 17.4 Å². The number of hydrogen-bond donors (Lipinski definition) is 1. The number of aryl methyl sites for hydroxylation is 1. The molecule has 3 rings (SSSR count). The summed E-state index contributed by atoms with van der Waals surface area (Å²) in [6.45, 7) is 5.53. The van der Waals surface area contributed by atoms with Crippen LogP contribution in [0.25, 0.3) is 0 Å². The average molecular weight is 526 g/mol. The van der Waals surface area contributed by atoms with Gasteiger partial charge in [0.1, 0.15) is 18.4 Å². The average Bonchev–Trinajstić information content (AvgIpc) is 2.88. The second kappa shape index (κ2) is 12.5. The van der Waals surface area contributed by atoms with Crippen molar-refractivity contribution in [3.63, 3.8) is 0 Å². The Kier molecular flexibility index (Phi) is 9.41. The number of likely N-dealkylation sites (N-methyl/N-ethyl adjacent to an activating group) is 1. The summed E-state index contributed by atoms with van der Waals surface area (Å²) in [7, 11) is -4.22. The van der Waals surface area contributed by atoms with Gasteiger partial charge in [0.15, 0.2) is 0 Å². The first-order valence-corrected chi connectivity index (χ1v) is 13.6. The van der Waals surface area contributed by atoms with Crippen molar-refractivity contribution in [1.82, 2.24) is 10.2 Å². The Hall–Kier alpha value is -3.72. The maximum Gasteiger partial charge on any atom is 0.264 e. The summed E-state index contributed by atoms with van der Waals surface area (Å²) in [5.74, 6) is -1.41. The maximum absolute atomic E-state index is 13.8. The minimum absolute atomic E-state index is 0.134. The van der Waals surface area contributed by atoms with Gasteiger partial charge in [-0.15, -0.1) is 0 Å². The van der Waals surface area contributed by atoms with Gasteiger partial charge >= 0.3 is 0 Å². The van der Waals surface area contributed by atoms with E-state index in [2.05, 4.69) is 5.32 Å². The molecule has 2 amide bonds. The van der Waals surface area contributed by atoms with E-state index in [0.717, 1.165) is 27.6 Å². The van der Waals surface area contributed by atoms with Crippen LogP contribution in [0, 0.1) is 12.7 Å². The Morgan fingerprint density at radius 1 is 0.946 bits per heavy atom. The van der Waals surface area contributed by atoms with Gasteiger partial charge < -0.3 is 10.2 Å². The molecule has 1 atom stereocenters. The Bertz CT molecular complexity index is 1310. The van der Waals surface area contributed by atoms with E-state index in [9.17, 15) is 22.4 Å². The quantitative estimate of drug-likeness (QED) is 0.405. The number of nitrogens with one attached hydrogen (secondary N) is 1. The Balaban J connectivity index is 2.03. The van der Waals surface area contributed by atoms with Crippen LogP contribution in [0.15, 0.2) is 83.8 Å². The molecule has 0 spiro atoms. The Morgan fingerprint density at radius 3 is 2.22 bits per heavy atom. The predicted molar refractivity (Wildman–Crippen MR) is 142 cm³/mol. The summed E-state index contributed by atoms with van der Waals surface area (Å²) in [6.07, 6.45) is 0.347. The van der Waals surface area contributed by atoms with Crippen LogP contribution < -0.4 is 9.62 Å². The highest BCUT2D eigenvalue weighted by Crippen LogP contribution is 2.25. The van der Waals surface area contributed by atoms with E-state index in [1.54, 1.807) is 44.2 Å². The highest BCUT2D eigenvalue weighted by molar-refractivity contribution is 7.92. The standard InChI is InChI=1S/C28H32FN3O4S/c1-4-26(28(34)30-5-2)31(19-22-11-9-10-21(3)18-22)27(33)20-32(24-12-7-6-8-13-24)37(35,36)25-16-14-23(29)15-17-25/h6-18,26H,4-5,19-20H2,1-3H3,(H,30,34)/t26-/m1/s1. The van der Waals surface area contributed by atoms with Crippen molar-refractivity contribution in [2.45, 2.75) is 44.7 Å². The topological polar surface area (TPSA) is 86.8 Å². The number of hydrogen-bond acceptors (Lipinski definition) is 4. The first-order valence-electron chi connectivity index (χ1n) is 12.1. The summed E-state index contributed by atoms with van der Waals surface area (Å²) in [5, 5.41) is 2.78. The lowest BCUT2D eigenvalue weighted by atomic mass is 10.1. The zero-order chi connectivity index (χ0) is 27.0. The van der Waals surface area contributed by atoms with E-state index in [4.69, 9.17) is 0 Å². The Morgan fingerprint density at radius 2 is 1.62 bits per heavy atom. The molecule has 1 N–H and O–H groups in total. The van der Waals surface area contributed by atoms with Crippen LogP contribution in [-0.4, -0.2) is 44.3 Å². The second-order valence-electron chi connectivity index (χ2n) is 8.63. The van der Waals surface area contributed by atoms with E-state index in [-0.39, 0.29) is 23.0 Å². The van der Waals surface area contributed by atoms with Crippen LogP contribution in [0.3, 0.4) is 0 Å². The van der Waals surface area contributed by atoms with Gasteiger partial charge in [-0.3, -0.25) is 13.9 Å². The van der Waals surface area contributed by atoms with Crippen LogP contribution in [0.1, 0.15) is 31.4 Å². The normalized spacial score (nSPS) is 12.0. The van der Waals surface area contributed by atoms with Gasteiger partial charge in [0.05, 0.1) is 10.6 Å². The lowest BCUT2D eigenvalue weighted by Gasteiger charge is -2.33. The van der Waals surface area contributed by atoms with E-state index < -0.39 is 34.3 Å². The third-order valence-corrected chi connectivity index (χ3v) is 7.69. The molecule has 0 heterocycles. The van der Waals surface area contributed by atoms with Crippen LogP contribution >= 0.6 is 0 Å². The number of benzene rings is 3. The molecule has 0 bridgehead atoms. The lowest BCUT2D eigenvalue weighted by Crippen LogP contribution is -2.52. The maximum atomic E-state index is 13.8. The number of carbonyl (C=O) groups is 2. The van der Waals surface area contributed by atoms with Gasteiger partial charge in [0.25, 0.3) is 10.0 Å². The SMILES string of the molecule is CCNC(=O)[C@@H](CC)N(Cc1cccc(C)c1)C(=O)CN(c1ccccc1)S(=O)(=O)c1ccc(F)cc1. The van der Waals surface area contributed by atoms with E-state index in [1.165, 1.54) is 17.0 Å². The fraction of sp³-hybridized carbons (Fsp3) is 0.286. The molecule has 0 saturated carbocycles. The summed E-state index contributed by atoms with van der Waals surface area (Å²) in [6, 6.07) is 19.5. The zero-order valence-electron chi connectivity index (χ0n) is 21.2. The molecule has 0 fully saturated rings. The highest BCUT2D eigenvalue weighted by atomic mass is 32.2. The van der Waals surface area contributed by atoms with Crippen molar-refractivity contribution in [3.05, 3.63) is 95.8 Å². The summed E-state index contributed by atoms with van der Waals surface area (Å²) >= 11 is 0. The highest BCUT2D eigenvalue weighted by Gasteiger charge is 2.33. The molecule has 0 aliphatic carbocycles. The minimum Gasteiger partial charge on any atom is -0.355 e. The summed E-state index contributed by atoms with van der Waals surface area (Å²) in [5.41, 5.74) is 2.10. The largest absolute Gasteiger partial charge is 0.355 e. The van der Waals surface area contributed by atoms with Crippen LogP contribution in [0.5, 0.6) is 0 Å². The van der Waals surface area contributed by atoms with E-state index >= 15 is 0 Å². The number of anilines is 1. The van der Waals surface area contributed by atoms with Crippen molar-refractivity contribution in [1.29, 1.82) is 0 Å². The van der Waals surface area contributed by atoms with Crippen LogP contribution in [0.2, 0.25) is 0 Å². The molecular formula is C28H32FN3O4S. The molecular weight excluding hydrogens is 493 g/mol. The van der Waals surface area contributed by atoms with Crippen molar-refractivity contribution in [3.8, 4) is 0 Å². The number of carbonyl (C=O) groups excluding carboxylic acids is 2. The third-order valence-electron chi connectivity index (χ3n) is 5.90. The molecule has 3 aromatic carbocycles. The molecule has 0 radical (unpaired) electrons. The van der Waals surface area contributed by atoms with Crippen LogP contribution in [-0.2, 0) is 26.2 Å². The van der Waals surface area contributed by atoms with Gasteiger partial charge in [0, 0.05) is 13.1 Å². The molecule has 7 nitrogen and oxygen atoms in total. The number of nitrogens with zero attached hydrogens (tertiary/aromatic N) is 2. The zero-order valence-corrected chi connectivity index (χ0v) is 22.0. The van der Waals surface area contributed by atoms with E-state index in [1.807, 2.05) is 31.2 Å². The molecule has 0 unspecified atom stereocenters. The van der Waals surface area contributed by atoms with Crippen molar-refractivity contribution in [2.24, 2.45) is 0 Å². The smallest absolute Gasteiger partial charge is 0.264 e. The molecule has 0 aromatic heterocycles. The second-order valence-corrected chi connectivity index (χ2v) is 10.5. The first kappa shape index (κ1) is 27.9. The van der Waals surface area contributed by atoms with Gasteiger partial charge in [-0.2, -0.15) is 0 Å². The number of sulfonamides is 1. The fourth-order valence-electron chi connectivity index (χ4n) is 4.08. The van der Waals surface area contributed by atoms with E-state index in [0.29, 0.717) is 13.0 Å². The monoisotopic (exact) mass is 525 g/mol. The lowest BCUT2D eigenvalue weighted by molar-refractivity contribution is -0.140. The number of para-hydroxylation sites is 1. The van der Waals surface area contributed by atoms with Crippen molar-refractivity contribution < 1.29 is 22.4 Å². The predicted octanol–water partition coefficient (Wildman–Crippen LogP) is 4.27. The first-order chi connectivity index (χ1) is 17.7. The van der Waals surface area contributed by atoms with Gasteiger partial charge in [-0.05, 0) is 62.2 Å². The number of amides is 2.